The molecule has 1 aromatic rings. The number of thioether (sulfide) groups is 2. The molecule has 98 valence electrons. The van der Waals surface area contributed by atoms with Gasteiger partial charge in [0.1, 0.15) is 0 Å². The maximum atomic E-state index is 8.94. The zero-order valence-corrected chi connectivity index (χ0v) is 12.1. The standard InChI is InChI=1S/C13H18N2OS2/c1-17-10-7-4-8-11(12(10)13(14)15-16)18-9-5-2-3-6-9/h4,7-9,16H,2-3,5-6H2,1H3,(H2,14,15). The first-order valence-electron chi connectivity index (χ1n) is 6.07. The summed E-state index contributed by atoms with van der Waals surface area (Å²) in [6.45, 7) is 0. The van der Waals surface area contributed by atoms with E-state index >= 15 is 0 Å². The Balaban J connectivity index is 2.32. The average molecular weight is 282 g/mol. The lowest BCUT2D eigenvalue weighted by Crippen LogP contribution is -2.16. The summed E-state index contributed by atoms with van der Waals surface area (Å²) in [5.41, 5.74) is 6.70. The van der Waals surface area contributed by atoms with Gasteiger partial charge in [0.15, 0.2) is 5.84 Å². The number of hydrogen-bond acceptors (Lipinski definition) is 4. The molecule has 1 aromatic carbocycles. The molecule has 0 saturated heterocycles. The van der Waals surface area contributed by atoms with Crippen molar-refractivity contribution in [2.24, 2.45) is 10.9 Å². The molecule has 18 heavy (non-hydrogen) atoms. The van der Waals surface area contributed by atoms with Crippen LogP contribution in [0.4, 0.5) is 0 Å². The molecule has 5 heteroatoms. The number of nitrogens with two attached hydrogens (primary N) is 1. The minimum atomic E-state index is 0.209. The van der Waals surface area contributed by atoms with E-state index in [-0.39, 0.29) is 5.84 Å². The molecule has 0 bridgehead atoms. The fourth-order valence-corrected chi connectivity index (χ4v) is 4.38. The van der Waals surface area contributed by atoms with Gasteiger partial charge in [-0.3, -0.25) is 0 Å². The molecule has 0 heterocycles. The van der Waals surface area contributed by atoms with Gasteiger partial charge in [-0.2, -0.15) is 0 Å². The van der Waals surface area contributed by atoms with Gasteiger partial charge in [-0.1, -0.05) is 24.1 Å². The highest BCUT2D eigenvalue weighted by molar-refractivity contribution is 8.00. The Labute approximate surface area is 116 Å². The minimum Gasteiger partial charge on any atom is -0.409 e. The fraction of sp³-hybridized carbons (Fsp3) is 0.462. The summed E-state index contributed by atoms with van der Waals surface area (Å²) >= 11 is 3.49. The molecule has 1 saturated carbocycles. The fourth-order valence-electron chi connectivity index (χ4n) is 2.27. The van der Waals surface area contributed by atoms with Crippen LogP contribution in [0.2, 0.25) is 0 Å². The molecule has 0 spiro atoms. The molecule has 0 atom stereocenters. The first kappa shape index (κ1) is 13.6. The average Bonchev–Trinajstić information content (AvgIpc) is 2.90. The molecule has 0 aliphatic heterocycles. The van der Waals surface area contributed by atoms with Crippen LogP contribution in [-0.4, -0.2) is 22.5 Å². The third kappa shape index (κ3) is 2.95. The van der Waals surface area contributed by atoms with Crippen molar-refractivity contribution in [3.63, 3.8) is 0 Å². The topological polar surface area (TPSA) is 58.6 Å². The molecule has 1 aliphatic rings. The van der Waals surface area contributed by atoms with Gasteiger partial charge in [0.05, 0.1) is 0 Å². The molecule has 1 fully saturated rings. The summed E-state index contributed by atoms with van der Waals surface area (Å²) < 4.78 is 0. The zero-order valence-electron chi connectivity index (χ0n) is 10.4. The van der Waals surface area contributed by atoms with Gasteiger partial charge in [0.25, 0.3) is 0 Å². The van der Waals surface area contributed by atoms with E-state index in [2.05, 4.69) is 11.2 Å². The predicted octanol–water partition coefficient (Wildman–Crippen LogP) is 3.54. The van der Waals surface area contributed by atoms with Crippen molar-refractivity contribution in [2.75, 3.05) is 6.26 Å². The Morgan fingerprint density at radius 1 is 1.33 bits per heavy atom. The monoisotopic (exact) mass is 282 g/mol. The third-order valence-electron chi connectivity index (χ3n) is 3.17. The minimum absolute atomic E-state index is 0.209. The van der Waals surface area contributed by atoms with Gasteiger partial charge >= 0.3 is 0 Å². The summed E-state index contributed by atoms with van der Waals surface area (Å²) in [4.78, 5) is 2.19. The highest BCUT2D eigenvalue weighted by Crippen LogP contribution is 2.38. The van der Waals surface area contributed by atoms with Crippen LogP contribution in [0.25, 0.3) is 0 Å². The Bertz CT molecular complexity index is 443. The van der Waals surface area contributed by atoms with Gasteiger partial charge in [0, 0.05) is 20.6 Å². The zero-order chi connectivity index (χ0) is 13.0. The lowest BCUT2D eigenvalue weighted by molar-refractivity contribution is 0.318. The second-order valence-electron chi connectivity index (χ2n) is 4.34. The van der Waals surface area contributed by atoms with E-state index in [0.717, 1.165) is 15.4 Å². The highest BCUT2D eigenvalue weighted by atomic mass is 32.2. The van der Waals surface area contributed by atoms with Crippen LogP contribution in [-0.2, 0) is 0 Å². The summed E-state index contributed by atoms with van der Waals surface area (Å²) in [5, 5.41) is 12.8. The van der Waals surface area contributed by atoms with Gasteiger partial charge in [-0.15, -0.1) is 23.5 Å². The Morgan fingerprint density at radius 3 is 2.61 bits per heavy atom. The Kier molecular flexibility index (Phi) is 4.83. The third-order valence-corrected chi connectivity index (χ3v) is 5.35. The number of benzene rings is 1. The molecule has 1 aliphatic carbocycles. The number of amidine groups is 1. The van der Waals surface area contributed by atoms with Crippen LogP contribution >= 0.6 is 23.5 Å². The van der Waals surface area contributed by atoms with Crippen molar-refractivity contribution in [2.45, 2.75) is 40.7 Å². The van der Waals surface area contributed by atoms with Gasteiger partial charge in [0.2, 0.25) is 0 Å². The van der Waals surface area contributed by atoms with Gasteiger partial charge in [-0.25, -0.2) is 0 Å². The van der Waals surface area contributed by atoms with Crippen LogP contribution in [0.15, 0.2) is 33.1 Å². The number of hydrogen-bond donors (Lipinski definition) is 2. The van der Waals surface area contributed by atoms with Crippen molar-refractivity contribution in [3.05, 3.63) is 23.8 Å². The molecule has 0 unspecified atom stereocenters. The summed E-state index contributed by atoms with van der Waals surface area (Å²) in [6.07, 6.45) is 7.18. The maximum absolute atomic E-state index is 8.94. The summed E-state index contributed by atoms with van der Waals surface area (Å²) in [5.74, 6) is 0.209. The van der Waals surface area contributed by atoms with E-state index in [1.807, 2.05) is 30.2 Å². The predicted molar refractivity (Wildman–Crippen MR) is 78.8 cm³/mol. The van der Waals surface area contributed by atoms with Crippen LogP contribution in [0, 0.1) is 0 Å². The van der Waals surface area contributed by atoms with Crippen LogP contribution < -0.4 is 5.73 Å². The second kappa shape index (κ2) is 6.38. The normalized spacial score (nSPS) is 17.3. The molecule has 3 N–H and O–H groups in total. The summed E-state index contributed by atoms with van der Waals surface area (Å²) in [7, 11) is 0. The highest BCUT2D eigenvalue weighted by Gasteiger charge is 2.20. The van der Waals surface area contributed by atoms with Crippen molar-refractivity contribution < 1.29 is 5.21 Å². The molecular formula is C13H18N2OS2. The number of rotatable bonds is 4. The first-order valence-corrected chi connectivity index (χ1v) is 8.18. The maximum Gasteiger partial charge on any atom is 0.172 e. The lowest BCUT2D eigenvalue weighted by Gasteiger charge is -2.15. The van der Waals surface area contributed by atoms with Crippen molar-refractivity contribution in [1.29, 1.82) is 0 Å². The van der Waals surface area contributed by atoms with E-state index < -0.39 is 0 Å². The van der Waals surface area contributed by atoms with E-state index in [4.69, 9.17) is 10.9 Å². The second-order valence-corrected chi connectivity index (χ2v) is 6.53. The van der Waals surface area contributed by atoms with Crippen LogP contribution in [0.3, 0.4) is 0 Å². The van der Waals surface area contributed by atoms with Crippen molar-refractivity contribution in [3.8, 4) is 0 Å². The quantitative estimate of drug-likeness (QED) is 0.291. The molecule has 3 nitrogen and oxygen atoms in total. The van der Waals surface area contributed by atoms with E-state index in [0.29, 0.717) is 5.25 Å². The van der Waals surface area contributed by atoms with E-state index in [9.17, 15) is 0 Å². The lowest BCUT2D eigenvalue weighted by atomic mass is 10.2. The Hall–Kier alpha value is -0.810. The van der Waals surface area contributed by atoms with Crippen molar-refractivity contribution >= 4 is 29.4 Å². The van der Waals surface area contributed by atoms with Gasteiger partial charge < -0.3 is 10.9 Å². The van der Waals surface area contributed by atoms with Gasteiger partial charge in [-0.05, 0) is 31.2 Å². The molecule has 0 amide bonds. The number of nitrogens with zero attached hydrogens (tertiary/aromatic N) is 1. The van der Waals surface area contributed by atoms with Crippen molar-refractivity contribution in [1.82, 2.24) is 0 Å². The smallest absolute Gasteiger partial charge is 0.172 e. The SMILES string of the molecule is CSc1cccc(SC2CCCC2)c1/C(N)=N/O. The molecule has 2 rings (SSSR count). The van der Waals surface area contributed by atoms with Crippen LogP contribution in [0.1, 0.15) is 31.2 Å². The van der Waals surface area contributed by atoms with Crippen LogP contribution in [0.5, 0.6) is 0 Å². The largest absolute Gasteiger partial charge is 0.409 e. The first-order chi connectivity index (χ1) is 8.76. The summed E-state index contributed by atoms with van der Waals surface area (Å²) in [6, 6.07) is 6.12. The van der Waals surface area contributed by atoms with E-state index in [1.165, 1.54) is 25.7 Å². The van der Waals surface area contributed by atoms with E-state index in [1.54, 1.807) is 11.8 Å². The molecule has 0 radical (unpaired) electrons. The Morgan fingerprint density at radius 2 is 2.00 bits per heavy atom. The number of oxime groups is 1. The molecular weight excluding hydrogens is 264 g/mol. The molecule has 0 aromatic heterocycles.